The van der Waals surface area contributed by atoms with Crippen LogP contribution in [0.2, 0.25) is 0 Å². The van der Waals surface area contributed by atoms with Gasteiger partial charge in [-0.15, -0.1) is 4.33 Å². The Morgan fingerprint density at radius 1 is 0.635 bits per heavy atom. The first-order valence-electron chi connectivity index (χ1n) is 18.5. The summed E-state index contributed by atoms with van der Waals surface area (Å²) in [6.45, 7) is 0. The lowest BCUT2D eigenvalue weighted by Crippen LogP contribution is -2.17. The molecule has 0 aliphatic heterocycles. The van der Waals surface area contributed by atoms with Gasteiger partial charge in [-0.3, -0.25) is 14.1 Å². The fourth-order valence-corrected chi connectivity index (χ4v) is 6.84. The maximum Gasteiger partial charge on any atom is 0.295 e. The first-order chi connectivity index (χ1) is 30.3. The summed E-state index contributed by atoms with van der Waals surface area (Å²) < 4.78 is 40.6. The Labute approximate surface area is 364 Å². The number of amides is 2. The number of rotatable bonds is 18. The highest BCUT2D eigenvalue weighted by Crippen LogP contribution is 2.32. The van der Waals surface area contributed by atoms with Crippen molar-refractivity contribution in [2.24, 2.45) is 0 Å². The highest BCUT2D eigenvalue weighted by atomic mass is 32.2. The van der Waals surface area contributed by atoms with Gasteiger partial charge in [0, 0.05) is 74.0 Å². The van der Waals surface area contributed by atoms with Crippen LogP contribution in [0.3, 0.4) is 0 Å². The summed E-state index contributed by atoms with van der Waals surface area (Å²) in [5, 5.41) is 33.0. The van der Waals surface area contributed by atoms with Gasteiger partial charge in [0.15, 0.2) is 0 Å². The van der Waals surface area contributed by atoms with Crippen LogP contribution in [0.25, 0.3) is 12.2 Å². The topological polar surface area (TPSA) is 292 Å². The fourth-order valence-electron chi connectivity index (χ4n) is 5.63. The maximum atomic E-state index is 12.8. The molecule has 2 heterocycles. The summed E-state index contributed by atoms with van der Waals surface area (Å²) in [7, 11) is 3.19. The number of aromatic nitrogens is 6. The van der Waals surface area contributed by atoms with Crippen molar-refractivity contribution in [3.05, 3.63) is 107 Å². The molecule has 4 aromatic carbocycles. The molecule has 0 saturated heterocycles. The standard InChI is InChI=1S/C39H40N14O8S2/c1-40-32(54)24-9-14-26(15-10-24)44-36-47-34(42-3)48-37(50-36)46-28-18-8-22(30(20-28)62-61-60-56)6-7-23-13-19-29(21-31(23)63(57,58)59)53(5)39-51-35(43-4)49-38(52-39)45-27-16-11-25(12-17-27)33(55)41-2/h6-21,56H,1-5H3,(H,40,54)(H,41,55)(H,57,58,59)(H2,43,45,49,51,52)(H3,42,44,46,47,48,50). The molecule has 0 aliphatic rings. The highest BCUT2D eigenvalue weighted by Gasteiger charge is 2.20. The molecule has 0 fully saturated rings. The molecule has 0 aliphatic carbocycles. The van der Waals surface area contributed by atoms with E-state index in [1.54, 1.807) is 107 Å². The maximum absolute atomic E-state index is 12.8. The second-order valence-electron chi connectivity index (χ2n) is 12.8. The van der Waals surface area contributed by atoms with Crippen LogP contribution in [0.15, 0.2) is 94.7 Å². The van der Waals surface area contributed by atoms with Crippen LogP contribution in [0.1, 0.15) is 31.8 Å². The lowest BCUT2D eigenvalue weighted by molar-refractivity contribution is -0.432. The molecule has 2 aromatic heterocycles. The van der Waals surface area contributed by atoms with Gasteiger partial charge in [-0.25, -0.2) is 5.26 Å². The van der Waals surface area contributed by atoms with Crippen molar-refractivity contribution in [1.29, 1.82) is 0 Å². The Bertz CT molecular complexity index is 2750. The summed E-state index contributed by atoms with van der Waals surface area (Å²) in [6.07, 6.45) is 3.05. The van der Waals surface area contributed by atoms with Crippen LogP contribution >= 0.6 is 12.0 Å². The fraction of sp³-hybridized carbons (Fsp3) is 0.128. The monoisotopic (exact) mass is 896 g/mol. The second-order valence-corrected chi connectivity index (χ2v) is 15.0. The lowest BCUT2D eigenvalue weighted by Gasteiger charge is -2.20. The molecule has 9 N–H and O–H groups in total. The largest absolute Gasteiger partial charge is 0.357 e. The zero-order chi connectivity index (χ0) is 45.1. The summed E-state index contributed by atoms with van der Waals surface area (Å²) in [5.41, 5.74) is 3.58. The molecule has 2 amide bonds. The van der Waals surface area contributed by atoms with Crippen molar-refractivity contribution < 1.29 is 37.2 Å². The number of carbonyl (C=O) groups excluding carboxylic acids is 2. The Morgan fingerprint density at radius 2 is 1.10 bits per heavy atom. The molecule has 24 heteroatoms. The van der Waals surface area contributed by atoms with Gasteiger partial charge in [-0.05, 0) is 83.9 Å². The third-order valence-corrected chi connectivity index (χ3v) is 10.4. The summed E-state index contributed by atoms with van der Waals surface area (Å²) in [5.74, 6) is 0.627. The molecule has 0 bridgehead atoms. The van der Waals surface area contributed by atoms with Gasteiger partial charge in [0.2, 0.25) is 35.7 Å². The van der Waals surface area contributed by atoms with E-state index in [0.29, 0.717) is 56.4 Å². The molecule has 0 saturated carbocycles. The molecule has 0 spiro atoms. The number of nitrogens with zero attached hydrogens (tertiary/aromatic N) is 7. The normalized spacial score (nSPS) is 11.2. The molecule has 0 atom stereocenters. The van der Waals surface area contributed by atoms with Gasteiger partial charge in [0.1, 0.15) is 4.90 Å². The van der Waals surface area contributed by atoms with Crippen molar-refractivity contribution in [3.8, 4) is 0 Å². The minimum atomic E-state index is -4.77. The average molecular weight is 897 g/mol. The third-order valence-electron chi connectivity index (χ3n) is 8.80. The van der Waals surface area contributed by atoms with E-state index in [9.17, 15) is 22.6 Å². The van der Waals surface area contributed by atoms with E-state index < -0.39 is 15.0 Å². The number of anilines is 10. The number of hydrogen-bond donors (Lipinski definition) is 9. The smallest absolute Gasteiger partial charge is 0.295 e. The average Bonchev–Trinajstić information content (AvgIpc) is 3.29. The first kappa shape index (κ1) is 45.1. The lowest BCUT2D eigenvalue weighted by atomic mass is 10.1. The second kappa shape index (κ2) is 20.4. The van der Waals surface area contributed by atoms with E-state index in [-0.39, 0.29) is 53.1 Å². The molecule has 63 heavy (non-hydrogen) atoms. The van der Waals surface area contributed by atoms with Crippen molar-refractivity contribution in [3.63, 3.8) is 0 Å². The zero-order valence-corrected chi connectivity index (χ0v) is 35.7. The molecule has 6 aromatic rings. The Hall–Kier alpha value is -7.48. The molecule has 6 rings (SSSR count). The van der Waals surface area contributed by atoms with Gasteiger partial charge in [0.25, 0.3) is 21.9 Å². The van der Waals surface area contributed by atoms with Crippen molar-refractivity contribution >= 4 is 105 Å². The van der Waals surface area contributed by atoms with Gasteiger partial charge < -0.3 is 42.1 Å². The number of benzene rings is 4. The van der Waals surface area contributed by atoms with Crippen LogP contribution in [0.4, 0.5) is 58.4 Å². The zero-order valence-electron chi connectivity index (χ0n) is 34.0. The summed E-state index contributed by atoms with van der Waals surface area (Å²) >= 11 is 0.656. The first-order valence-corrected chi connectivity index (χ1v) is 20.6. The van der Waals surface area contributed by atoms with Gasteiger partial charge >= 0.3 is 0 Å². The molecule has 326 valence electrons. The SMILES string of the molecule is CNC(=O)c1ccc(Nc2nc(NC)nc(Nc3ccc(C=Cc4ccc(N(C)c5nc(NC)nc(Nc6ccc(C(=O)NC)cc6)n5)cc4S(=O)(=O)O)c(SOOO)c3)n2)cc1. The molecule has 0 unspecified atom stereocenters. The predicted octanol–water partition coefficient (Wildman–Crippen LogP) is 5.70. The Morgan fingerprint density at radius 3 is 1.62 bits per heavy atom. The predicted molar refractivity (Wildman–Crippen MR) is 239 cm³/mol. The van der Waals surface area contributed by atoms with Crippen LogP contribution in [0.5, 0.6) is 0 Å². The molecule has 22 nitrogen and oxygen atoms in total. The van der Waals surface area contributed by atoms with Crippen LogP contribution in [-0.4, -0.2) is 95.2 Å². The number of nitrogens with one attached hydrogen (secondary N) is 7. The van der Waals surface area contributed by atoms with Gasteiger partial charge in [-0.1, -0.05) is 29.3 Å². The van der Waals surface area contributed by atoms with Crippen LogP contribution in [0, 0.1) is 0 Å². The van der Waals surface area contributed by atoms with E-state index >= 15 is 0 Å². The van der Waals surface area contributed by atoms with Crippen molar-refractivity contribution in [1.82, 2.24) is 40.5 Å². The number of carbonyl (C=O) groups is 2. The van der Waals surface area contributed by atoms with Gasteiger partial charge in [0.05, 0.1) is 12.0 Å². The highest BCUT2D eigenvalue weighted by molar-refractivity contribution is 7.94. The van der Waals surface area contributed by atoms with Crippen molar-refractivity contribution in [2.75, 3.05) is 66.7 Å². The van der Waals surface area contributed by atoms with Crippen LogP contribution in [-0.2, 0) is 19.5 Å². The quantitative estimate of drug-likeness (QED) is 0.0164. The summed E-state index contributed by atoms with van der Waals surface area (Å²) in [4.78, 5) is 51.8. The van der Waals surface area contributed by atoms with E-state index in [4.69, 9.17) is 9.59 Å². The van der Waals surface area contributed by atoms with E-state index in [0.717, 1.165) is 0 Å². The molecule has 0 radical (unpaired) electrons. The Kier molecular flexibility index (Phi) is 14.6. The van der Waals surface area contributed by atoms with Crippen molar-refractivity contribution in [2.45, 2.75) is 9.79 Å². The molecular formula is C39H40N14O8S2. The minimum absolute atomic E-state index is 0.130. The number of hydrogen-bond acceptors (Lipinski definition) is 20. The Balaban J connectivity index is 1.24. The molecular weight excluding hydrogens is 857 g/mol. The minimum Gasteiger partial charge on any atom is -0.357 e. The third kappa shape index (κ3) is 11.7. The summed E-state index contributed by atoms with van der Waals surface area (Å²) in [6, 6.07) is 22.7. The van der Waals surface area contributed by atoms with Gasteiger partial charge in [-0.2, -0.15) is 38.3 Å². The van der Waals surface area contributed by atoms with E-state index in [1.165, 1.54) is 30.2 Å². The van der Waals surface area contributed by atoms with Crippen LogP contribution < -0.4 is 42.1 Å². The van der Waals surface area contributed by atoms with E-state index in [1.807, 2.05) is 0 Å². The van der Waals surface area contributed by atoms with E-state index in [2.05, 4.69) is 72.2 Å².